The van der Waals surface area contributed by atoms with E-state index < -0.39 is 5.91 Å². The van der Waals surface area contributed by atoms with E-state index in [0.29, 0.717) is 11.1 Å². The van der Waals surface area contributed by atoms with Gasteiger partial charge >= 0.3 is 0 Å². The normalized spacial score (nSPS) is 16.6. The first-order chi connectivity index (χ1) is 13.7. The summed E-state index contributed by atoms with van der Waals surface area (Å²) in [7, 11) is 0. The maximum atomic E-state index is 12.4. The molecule has 0 saturated heterocycles. The number of rotatable bonds is 4. The highest BCUT2D eigenvalue weighted by molar-refractivity contribution is 6.24. The number of benzene rings is 2. The van der Waals surface area contributed by atoms with Crippen molar-refractivity contribution in [1.82, 2.24) is 0 Å². The number of amidine groups is 1. The second kappa shape index (κ2) is 7.83. The van der Waals surface area contributed by atoms with E-state index in [1.165, 1.54) is 12.1 Å². The Morgan fingerprint density at radius 2 is 1.48 bits per heavy atom. The predicted molar refractivity (Wildman–Crippen MR) is 110 cm³/mol. The van der Waals surface area contributed by atoms with E-state index in [-0.39, 0.29) is 52.6 Å². The van der Waals surface area contributed by atoms with Crippen LogP contribution in [0.1, 0.15) is 53.0 Å². The number of allylic oxidation sites excluding steroid dienone is 1. The van der Waals surface area contributed by atoms with Crippen LogP contribution in [0.25, 0.3) is 0 Å². The van der Waals surface area contributed by atoms with Gasteiger partial charge in [-0.25, -0.2) is 0 Å². The van der Waals surface area contributed by atoms with Crippen LogP contribution in [0.4, 0.5) is 0 Å². The number of Topliss-reactive ketones (excluding diaryl/α,β-unsaturated/α-hetero) is 1. The summed E-state index contributed by atoms with van der Waals surface area (Å²) in [5.74, 6) is -1.59. The fraction of sp³-hybridized carbons (Fsp3) is 0.217. The van der Waals surface area contributed by atoms with Gasteiger partial charge in [-0.1, -0.05) is 56.3 Å². The maximum absolute atomic E-state index is 12.4. The Morgan fingerprint density at radius 1 is 0.931 bits per heavy atom. The molecule has 148 valence electrons. The number of hydrogen-bond acceptors (Lipinski definition) is 4. The van der Waals surface area contributed by atoms with Crippen LogP contribution < -0.4 is 5.73 Å². The Balaban J connectivity index is 1.80. The van der Waals surface area contributed by atoms with Gasteiger partial charge in [0.05, 0.1) is 5.57 Å². The summed E-state index contributed by atoms with van der Waals surface area (Å²) in [6.45, 7) is 3.74. The molecular formula is C23H22N2O4. The number of hydrogen-bond donors (Lipinski definition) is 2. The molecule has 0 aliphatic heterocycles. The van der Waals surface area contributed by atoms with Crippen molar-refractivity contribution < 1.29 is 19.5 Å². The molecule has 6 heteroatoms. The fourth-order valence-corrected chi connectivity index (χ4v) is 3.33. The first-order valence-corrected chi connectivity index (χ1v) is 9.22. The topological polar surface area (TPSA) is 110 Å². The molecule has 1 aliphatic rings. The van der Waals surface area contributed by atoms with Crippen LogP contribution in [-0.2, 0) is 4.79 Å². The van der Waals surface area contributed by atoms with Crippen molar-refractivity contribution >= 4 is 23.3 Å². The molecule has 0 spiro atoms. The largest absolute Gasteiger partial charge is 0.511 e. The smallest absolute Gasteiger partial charge is 0.278 e. The molecule has 0 saturated carbocycles. The zero-order valence-electron chi connectivity index (χ0n) is 16.3. The van der Waals surface area contributed by atoms with Crippen LogP contribution in [0, 0.1) is 5.41 Å². The zero-order valence-corrected chi connectivity index (χ0v) is 16.3. The summed E-state index contributed by atoms with van der Waals surface area (Å²) >= 11 is 0. The second-order valence-corrected chi connectivity index (χ2v) is 7.84. The minimum atomic E-state index is -0.654. The van der Waals surface area contributed by atoms with E-state index in [1.807, 2.05) is 19.9 Å². The second-order valence-electron chi connectivity index (χ2n) is 7.84. The molecule has 6 nitrogen and oxygen atoms in total. The molecular weight excluding hydrogens is 368 g/mol. The molecule has 2 aromatic carbocycles. The number of carbonyl (C=O) groups is 3. The predicted octanol–water partition coefficient (Wildman–Crippen LogP) is 3.62. The number of aliphatic hydroxyl groups excluding tert-OH is 1. The number of amides is 1. The van der Waals surface area contributed by atoms with Gasteiger partial charge in [0, 0.05) is 29.5 Å². The van der Waals surface area contributed by atoms with Crippen molar-refractivity contribution in [2.45, 2.75) is 26.7 Å². The third-order valence-electron chi connectivity index (χ3n) is 4.76. The van der Waals surface area contributed by atoms with Crippen LogP contribution in [-0.4, -0.2) is 28.4 Å². The van der Waals surface area contributed by atoms with Gasteiger partial charge in [0.1, 0.15) is 11.6 Å². The summed E-state index contributed by atoms with van der Waals surface area (Å²) < 4.78 is 0. The molecule has 29 heavy (non-hydrogen) atoms. The first kappa shape index (κ1) is 20.2. The number of aliphatic hydroxyl groups is 1. The molecule has 0 fully saturated rings. The number of ketones is 2. The SMILES string of the molecule is CC1(C)CC(=O)C(C(N)=NC(=O)c2ccc(C(=O)c3ccccc3)cc2)=C(O)C1. The Hall–Kier alpha value is -3.54. The number of nitrogens with two attached hydrogens (primary N) is 1. The Labute approximate surface area is 168 Å². The van der Waals surface area contributed by atoms with Crippen LogP contribution >= 0.6 is 0 Å². The maximum Gasteiger partial charge on any atom is 0.278 e. The monoisotopic (exact) mass is 390 g/mol. The van der Waals surface area contributed by atoms with Gasteiger partial charge in [0.2, 0.25) is 0 Å². The van der Waals surface area contributed by atoms with Gasteiger partial charge in [-0.05, 0) is 17.5 Å². The third-order valence-corrected chi connectivity index (χ3v) is 4.76. The molecule has 0 aromatic heterocycles. The lowest BCUT2D eigenvalue weighted by Gasteiger charge is -2.29. The van der Waals surface area contributed by atoms with Crippen LogP contribution in [0.2, 0.25) is 0 Å². The van der Waals surface area contributed by atoms with E-state index in [4.69, 9.17) is 5.73 Å². The minimum Gasteiger partial charge on any atom is -0.511 e. The Kier molecular flexibility index (Phi) is 5.46. The highest BCUT2D eigenvalue weighted by Gasteiger charge is 2.34. The molecule has 0 heterocycles. The van der Waals surface area contributed by atoms with E-state index in [2.05, 4.69) is 4.99 Å². The van der Waals surface area contributed by atoms with Crippen molar-refractivity contribution in [3.63, 3.8) is 0 Å². The number of aliphatic imine (C=N–C) groups is 1. The van der Waals surface area contributed by atoms with E-state index in [0.717, 1.165) is 0 Å². The molecule has 0 radical (unpaired) electrons. The number of carbonyl (C=O) groups excluding carboxylic acids is 3. The van der Waals surface area contributed by atoms with Crippen LogP contribution in [0.3, 0.4) is 0 Å². The summed E-state index contributed by atoms with van der Waals surface area (Å²) in [5.41, 5.74) is 6.61. The summed E-state index contributed by atoms with van der Waals surface area (Å²) in [6.07, 6.45) is 0.502. The van der Waals surface area contributed by atoms with Crippen molar-refractivity contribution in [2.75, 3.05) is 0 Å². The molecule has 0 unspecified atom stereocenters. The molecule has 3 rings (SSSR count). The third kappa shape index (κ3) is 4.48. The fourth-order valence-electron chi connectivity index (χ4n) is 3.33. The Bertz CT molecular complexity index is 1030. The van der Waals surface area contributed by atoms with Gasteiger partial charge in [0.15, 0.2) is 11.6 Å². The van der Waals surface area contributed by atoms with E-state index in [1.54, 1.807) is 36.4 Å². The lowest BCUT2D eigenvalue weighted by molar-refractivity contribution is -0.117. The lowest BCUT2D eigenvalue weighted by atomic mass is 9.76. The molecule has 1 aliphatic carbocycles. The molecule has 0 atom stereocenters. The van der Waals surface area contributed by atoms with E-state index in [9.17, 15) is 19.5 Å². The summed E-state index contributed by atoms with van der Waals surface area (Å²) in [6, 6.07) is 14.9. The zero-order chi connectivity index (χ0) is 21.2. The number of nitrogens with zero attached hydrogens (tertiary/aromatic N) is 1. The molecule has 0 bridgehead atoms. The van der Waals surface area contributed by atoms with Crippen LogP contribution in [0.15, 0.2) is 70.9 Å². The summed E-state index contributed by atoms with van der Waals surface area (Å²) in [5, 5.41) is 10.2. The first-order valence-electron chi connectivity index (χ1n) is 9.22. The van der Waals surface area contributed by atoms with Gasteiger partial charge in [0.25, 0.3) is 5.91 Å². The molecule has 1 amide bonds. The van der Waals surface area contributed by atoms with Gasteiger partial charge in [-0.15, -0.1) is 0 Å². The van der Waals surface area contributed by atoms with Gasteiger partial charge < -0.3 is 10.8 Å². The quantitative estimate of drug-likeness (QED) is 0.471. The standard InChI is InChI=1S/C23H22N2O4/c1-23(2)12-17(26)19(18(27)13-23)21(24)25-22(29)16-10-8-15(9-11-16)20(28)14-6-4-3-5-7-14/h3-11,26H,12-13H2,1-2H3,(H2,24,25,29). The van der Waals surface area contributed by atoms with E-state index >= 15 is 0 Å². The van der Waals surface area contributed by atoms with Crippen molar-refractivity contribution in [1.29, 1.82) is 0 Å². The molecule has 3 N–H and O–H groups in total. The van der Waals surface area contributed by atoms with Crippen molar-refractivity contribution in [3.8, 4) is 0 Å². The minimum absolute atomic E-state index is 0.0893. The van der Waals surface area contributed by atoms with Crippen molar-refractivity contribution in [2.24, 2.45) is 16.1 Å². The highest BCUT2D eigenvalue weighted by atomic mass is 16.3. The average Bonchev–Trinajstić information content (AvgIpc) is 2.66. The van der Waals surface area contributed by atoms with Gasteiger partial charge in [-0.2, -0.15) is 4.99 Å². The van der Waals surface area contributed by atoms with Crippen molar-refractivity contribution in [3.05, 3.63) is 82.6 Å². The lowest BCUT2D eigenvalue weighted by Crippen LogP contribution is -2.32. The van der Waals surface area contributed by atoms with Crippen LogP contribution in [0.5, 0.6) is 0 Å². The van der Waals surface area contributed by atoms with Gasteiger partial charge in [-0.3, -0.25) is 14.4 Å². The average molecular weight is 390 g/mol. The highest BCUT2D eigenvalue weighted by Crippen LogP contribution is 2.35. The Morgan fingerprint density at radius 3 is 2.07 bits per heavy atom. The summed E-state index contributed by atoms with van der Waals surface area (Å²) in [4.78, 5) is 40.9. The molecule has 2 aromatic rings.